The fourth-order valence-electron chi connectivity index (χ4n) is 6.81. The van der Waals surface area contributed by atoms with Gasteiger partial charge in [0.05, 0.1) is 34.4 Å². The number of ether oxygens (including phenoxy) is 2. The van der Waals surface area contributed by atoms with Crippen LogP contribution in [0.4, 0.5) is 0 Å². The normalized spacial score (nSPS) is 12.4. The number of hydrogen-bond donors (Lipinski definition) is 0. The Bertz CT molecular complexity index is 1990. The summed E-state index contributed by atoms with van der Waals surface area (Å²) < 4.78 is 12.6. The van der Waals surface area contributed by atoms with Gasteiger partial charge in [-0.15, -0.1) is 11.3 Å². The molecule has 6 aromatic rings. The van der Waals surface area contributed by atoms with E-state index in [0.29, 0.717) is 36.2 Å². The van der Waals surface area contributed by atoms with Crippen molar-refractivity contribution in [3.05, 3.63) is 108 Å². The standard InChI is InChI=1S/C48H52N2O4S/c1-5-9-11-33(7-3)31-53-41-25-21-37(22-26-41)43-44(38-23-27-42(28-24-38)54-32-34(8-4)12-10-6-2)50-46-45(49-43)47(39-17-13-35(29-51)14-18-39)55-48(46)40-19-15-36(30-52)16-20-40/h13-30,33-34H,5-12,31-32H2,1-4H3. The van der Waals surface area contributed by atoms with Gasteiger partial charge in [0, 0.05) is 22.3 Å². The highest BCUT2D eigenvalue weighted by Crippen LogP contribution is 2.45. The molecule has 0 bridgehead atoms. The van der Waals surface area contributed by atoms with Crippen LogP contribution in [-0.2, 0) is 0 Å². The van der Waals surface area contributed by atoms with Crippen LogP contribution in [0.1, 0.15) is 99.8 Å². The predicted molar refractivity (Wildman–Crippen MR) is 228 cm³/mol. The van der Waals surface area contributed by atoms with Gasteiger partial charge in [0.2, 0.25) is 0 Å². The van der Waals surface area contributed by atoms with Crippen molar-refractivity contribution in [1.29, 1.82) is 0 Å². The molecule has 2 aromatic heterocycles. The summed E-state index contributed by atoms with van der Waals surface area (Å²) in [6.07, 6.45) is 11.1. The minimum absolute atomic E-state index is 0.539. The van der Waals surface area contributed by atoms with Gasteiger partial charge in [-0.3, -0.25) is 9.59 Å². The molecule has 0 amide bonds. The molecule has 2 heterocycles. The molecule has 2 atom stereocenters. The summed E-state index contributed by atoms with van der Waals surface area (Å²) in [5.41, 5.74) is 8.07. The van der Waals surface area contributed by atoms with E-state index in [1.54, 1.807) is 11.3 Å². The molecule has 0 spiro atoms. The highest BCUT2D eigenvalue weighted by atomic mass is 32.1. The molecule has 55 heavy (non-hydrogen) atoms. The van der Waals surface area contributed by atoms with Crippen LogP contribution in [0.25, 0.3) is 54.4 Å². The second-order valence-corrected chi connectivity index (χ2v) is 15.4. The molecule has 0 aliphatic rings. The van der Waals surface area contributed by atoms with Crippen molar-refractivity contribution in [3.63, 3.8) is 0 Å². The lowest BCUT2D eigenvalue weighted by molar-refractivity contribution is 0.111. The number of carbonyl (C=O) groups excluding carboxylic acids is 2. The molecule has 0 radical (unpaired) electrons. The summed E-state index contributed by atoms with van der Waals surface area (Å²) in [6.45, 7) is 10.3. The monoisotopic (exact) mass is 752 g/mol. The van der Waals surface area contributed by atoms with Crippen molar-refractivity contribution in [2.75, 3.05) is 13.2 Å². The zero-order valence-electron chi connectivity index (χ0n) is 32.6. The van der Waals surface area contributed by atoms with Crippen LogP contribution >= 0.6 is 11.3 Å². The Balaban J connectivity index is 1.45. The summed E-state index contributed by atoms with van der Waals surface area (Å²) in [6, 6.07) is 31.6. The summed E-state index contributed by atoms with van der Waals surface area (Å²) in [7, 11) is 0. The number of thiophene rings is 1. The maximum absolute atomic E-state index is 11.5. The third-order valence-corrected chi connectivity index (χ3v) is 11.7. The summed E-state index contributed by atoms with van der Waals surface area (Å²) in [5.74, 6) is 2.76. The van der Waals surface area contributed by atoms with Crippen LogP contribution in [0.15, 0.2) is 97.1 Å². The topological polar surface area (TPSA) is 78.4 Å². The second-order valence-electron chi connectivity index (χ2n) is 14.4. The highest BCUT2D eigenvalue weighted by molar-refractivity contribution is 7.20. The van der Waals surface area contributed by atoms with E-state index in [1.165, 1.54) is 38.5 Å². The lowest BCUT2D eigenvalue weighted by Crippen LogP contribution is -2.11. The number of benzene rings is 4. The average Bonchev–Trinajstić information content (AvgIpc) is 3.62. The van der Waals surface area contributed by atoms with Gasteiger partial charge in [-0.2, -0.15) is 0 Å². The van der Waals surface area contributed by atoms with Gasteiger partial charge in [0.1, 0.15) is 35.1 Å². The highest BCUT2D eigenvalue weighted by Gasteiger charge is 2.22. The number of aromatic nitrogens is 2. The maximum Gasteiger partial charge on any atom is 0.150 e. The van der Waals surface area contributed by atoms with Crippen molar-refractivity contribution < 1.29 is 19.1 Å². The summed E-state index contributed by atoms with van der Waals surface area (Å²) in [4.78, 5) is 35.8. The molecule has 284 valence electrons. The third-order valence-electron chi connectivity index (χ3n) is 10.5. The first-order valence-electron chi connectivity index (χ1n) is 19.9. The van der Waals surface area contributed by atoms with Gasteiger partial charge in [-0.1, -0.05) is 115 Å². The van der Waals surface area contributed by atoms with Crippen LogP contribution < -0.4 is 9.47 Å². The molecule has 0 saturated carbocycles. The molecule has 0 fully saturated rings. The molecule has 6 rings (SSSR count). The van der Waals surface area contributed by atoms with Gasteiger partial charge in [0.15, 0.2) is 0 Å². The van der Waals surface area contributed by atoms with Crippen LogP contribution in [0, 0.1) is 11.8 Å². The average molecular weight is 753 g/mol. The minimum Gasteiger partial charge on any atom is -0.493 e. The molecule has 7 heteroatoms. The largest absolute Gasteiger partial charge is 0.493 e. The van der Waals surface area contributed by atoms with Crippen molar-refractivity contribution in [2.24, 2.45) is 11.8 Å². The zero-order valence-corrected chi connectivity index (χ0v) is 33.4. The Morgan fingerprint density at radius 2 is 0.891 bits per heavy atom. The van der Waals surface area contributed by atoms with Crippen LogP contribution in [0.2, 0.25) is 0 Å². The van der Waals surface area contributed by atoms with E-state index in [-0.39, 0.29) is 0 Å². The third kappa shape index (κ3) is 9.76. The first-order valence-corrected chi connectivity index (χ1v) is 20.7. The number of rotatable bonds is 20. The first kappa shape index (κ1) is 39.6. The number of unbranched alkanes of at least 4 members (excludes halogenated alkanes) is 2. The van der Waals surface area contributed by atoms with Crippen molar-refractivity contribution >= 4 is 34.9 Å². The molecule has 4 aromatic carbocycles. The Morgan fingerprint density at radius 1 is 0.527 bits per heavy atom. The Kier molecular flexibility index (Phi) is 14.0. The van der Waals surface area contributed by atoms with Crippen molar-refractivity contribution in [1.82, 2.24) is 9.97 Å². The second kappa shape index (κ2) is 19.4. The smallest absolute Gasteiger partial charge is 0.150 e. The molecule has 0 aliphatic carbocycles. The molecule has 2 unspecified atom stereocenters. The van der Waals surface area contributed by atoms with Crippen LogP contribution in [-0.4, -0.2) is 35.8 Å². The summed E-state index contributed by atoms with van der Waals surface area (Å²) in [5, 5.41) is 0. The number of carbonyl (C=O) groups is 2. The number of fused-ring (bicyclic) bond motifs is 1. The number of hydrogen-bond acceptors (Lipinski definition) is 7. The van der Waals surface area contributed by atoms with E-state index in [1.807, 2.05) is 72.8 Å². The van der Waals surface area contributed by atoms with E-state index in [0.717, 1.165) is 91.3 Å². The zero-order chi connectivity index (χ0) is 38.6. The first-order chi connectivity index (χ1) is 27.0. The molecule has 6 nitrogen and oxygen atoms in total. The molecular formula is C48H52N2O4S. The van der Waals surface area contributed by atoms with E-state index < -0.39 is 0 Å². The lowest BCUT2D eigenvalue weighted by Gasteiger charge is -2.16. The number of nitrogens with zero attached hydrogens (tertiary/aromatic N) is 2. The van der Waals surface area contributed by atoms with Crippen molar-refractivity contribution in [3.8, 4) is 54.9 Å². The van der Waals surface area contributed by atoms with E-state index in [9.17, 15) is 9.59 Å². The number of aldehydes is 2. The van der Waals surface area contributed by atoms with Gasteiger partial charge >= 0.3 is 0 Å². The Hall–Kier alpha value is -5.14. The molecule has 0 saturated heterocycles. The maximum atomic E-state index is 11.5. The van der Waals surface area contributed by atoms with Gasteiger partial charge < -0.3 is 9.47 Å². The van der Waals surface area contributed by atoms with E-state index >= 15 is 0 Å². The van der Waals surface area contributed by atoms with E-state index in [4.69, 9.17) is 19.4 Å². The van der Waals surface area contributed by atoms with Gasteiger partial charge in [-0.25, -0.2) is 9.97 Å². The molecule has 0 aliphatic heterocycles. The Labute approximate surface area is 330 Å². The Morgan fingerprint density at radius 3 is 1.22 bits per heavy atom. The van der Waals surface area contributed by atoms with Crippen LogP contribution in [0.5, 0.6) is 11.5 Å². The minimum atomic E-state index is 0.539. The SMILES string of the molecule is CCCCC(CC)COc1ccc(-c2nc3c(-c4ccc(C=O)cc4)sc(-c4ccc(C=O)cc4)c3nc2-c2ccc(OCC(CC)CCCC)cc2)cc1. The fraction of sp³-hybridized carbons (Fsp3) is 0.333. The fourth-order valence-corrected chi connectivity index (χ4v) is 8.00. The van der Waals surface area contributed by atoms with Crippen LogP contribution in [0.3, 0.4) is 0 Å². The van der Waals surface area contributed by atoms with Gasteiger partial charge in [-0.05, 0) is 84.3 Å². The van der Waals surface area contributed by atoms with E-state index in [2.05, 4.69) is 52.0 Å². The molecular weight excluding hydrogens is 701 g/mol. The molecule has 0 N–H and O–H groups in total. The van der Waals surface area contributed by atoms with Gasteiger partial charge in [0.25, 0.3) is 0 Å². The lowest BCUT2D eigenvalue weighted by atomic mass is 10.0. The predicted octanol–water partition coefficient (Wildman–Crippen LogP) is 13.2. The summed E-state index contributed by atoms with van der Waals surface area (Å²) >= 11 is 1.61. The quantitative estimate of drug-likeness (QED) is 0.0723. The van der Waals surface area contributed by atoms with Crippen molar-refractivity contribution in [2.45, 2.75) is 79.1 Å².